The Hall–Kier alpha value is -4.63. The molecule has 1 N–H and O–H groups in total. The van der Waals surface area contributed by atoms with Crippen LogP contribution in [0.3, 0.4) is 0 Å². The van der Waals surface area contributed by atoms with E-state index in [1.165, 1.54) is 12.1 Å². The van der Waals surface area contributed by atoms with Gasteiger partial charge in [-0.1, -0.05) is 11.3 Å². The van der Waals surface area contributed by atoms with E-state index in [4.69, 9.17) is 13.9 Å². The van der Waals surface area contributed by atoms with Crippen molar-refractivity contribution in [2.75, 3.05) is 18.5 Å². The fourth-order valence-corrected chi connectivity index (χ4v) is 5.63. The summed E-state index contributed by atoms with van der Waals surface area (Å²) in [7, 11) is -4.02. The Kier molecular flexibility index (Phi) is 7.50. The maximum Gasteiger partial charge on any atom is 0.344 e. The van der Waals surface area contributed by atoms with Crippen LogP contribution < -0.4 is 15.7 Å². The molecule has 0 radical (unpaired) electrons. The van der Waals surface area contributed by atoms with Crippen LogP contribution in [0.4, 0.5) is 10.8 Å². The van der Waals surface area contributed by atoms with Crippen LogP contribution in [0, 0.1) is 17.0 Å². The van der Waals surface area contributed by atoms with Crippen LogP contribution in [0.5, 0.6) is 5.75 Å². The van der Waals surface area contributed by atoms with Crippen LogP contribution in [0.15, 0.2) is 73.0 Å². The monoisotopic (exact) mass is 559 g/mol. The Morgan fingerprint density at radius 2 is 1.87 bits per heavy atom. The lowest BCUT2D eigenvalue weighted by Gasteiger charge is -2.08. The minimum atomic E-state index is -4.02. The second kappa shape index (κ2) is 10.8. The molecule has 0 aliphatic rings. The minimum Gasteiger partial charge on any atom is -0.482 e. The molecule has 0 fully saturated rings. The van der Waals surface area contributed by atoms with Crippen molar-refractivity contribution < 1.29 is 36.8 Å². The van der Waals surface area contributed by atoms with Crippen LogP contribution in [-0.2, 0) is 24.2 Å². The third-order valence-corrected chi connectivity index (χ3v) is 8.14. The molecule has 2 heterocycles. The number of amides is 1. The first-order valence-corrected chi connectivity index (χ1v) is 12.9. The van der Waals surface area contributed by atoms with Gasteiger partial charge in [-0.15, -0.1) is 0 Å². The molecule has 0 bridgehead atoms. The van der Waals surface area contributed by atoms with Gasteiger partial charge in [-0.3, -0.25) is 20.2 Å². The quantitative estimate of drug-likeness (QED) is 0.138. The summed E-state index contributed by atoms with van der Waals surface area (Å²) in [6.45, 7) is 0.550. The third kappa shape index (κ3) is 6.01. The van der Waals surface area contributed by atoms with Gasteiger partial charge in [-0.2, -0.15) is 0 Å². The third-order valence-electron chi connectivity index (χ3n) is 5.00. The maximum absolute atomic E-state index is 12.7. The number of nitrogens with one attached hydrogen (secondary N) is 1. The Labute approximate surface area is 217 Å². The molecule has 13 nitrogen and oxygen atoms in total. The first kappa shape index (κ1) is 26.4. The van der Waals surface area contributed by atoms with Crippen LogP contribution >= 0.6 is 11.3 Å². The summed E-state index contributed by atoms with van der Waals surface area (Å²) < 4.78 is 40.5. The number of esters is 1. The van der Waals surface area contributed by atoms with Gasteiger partial charge in [-0.05, 0) is 36.8 Å². The summed E-state index contributed by atoms with van der Waals surface area (Å²) in [4.78, 5) is 49.4. The number of hydrogen-bond donors (Lipinski definition) is 1. The van der Waals surface area contributed by atoms with Gasteiger partial charge in [0.15, 0.2) is 18.3 Å². The van der Waals surface area contributed by atoms with E-state index < -0.39 is 45.5 Å². The van der Waals surface area contributed by atoms with E-state index in [0.717, 1.165) is 36.0 Å². The van der Waals surface area contributed by atoms with Gasteiger partial charge in [0.1, 0.15) is 15.5 Å². The van der Waals surface area contributed by atoms with Crippen molar-refractivity contribution in [3.8, 4) is 5.75 Å². The van der Waals surface area contributed by atoms with E-state index >= 15 is 0 Å². The number of nitro benzene ring substituents is 1. The zero-order valence-corrected chi connectivity index (χ0v) is 21.0. The Bertz CT molecular complexity index is 1710. The summed E-state index contributed by atoms with van der Waals surface area (Å²) in [6, 6.07) is 10.4. The van der Waals surface area contributed by atoms with E-state index in [0.29, 0.717) is 22.3 Å². The van der Waals surface area contributed by atoms with Gasteiger partial charge >= 0.3 is 11.6 Å². The van der Waals surface area contributed by atoms with E-state index in [2.05, 4.69) is 10.3 Å². The average molecular weight is 560 g/mol. The summed E-state index contributed by atoms with van der Waals surface area (Å²) in [5, 5.41) is 13.7. The van der Waals surface area contributed by atoms with Crippen LogP contribution in [0.25, 0.3) is 11.0 Å². The molecule has 1 amide bonds. The fourth-order valence-electron chi connectivity index (χ4n) is 3.18. The number of thiazole rings is 1. The first-order chi connectivity index (χ1) is 18.0. The molecule has 0 unspecified atom stereocenters. The molecule has 0 spiro atoms. The van der Waals surface area contributed by atoms with Crippen LogP contribution in [0.1, 0.15) is 5.56 Å². The number of ether oxygens (including phenoxy) is 2. The number of benzene rings is 2. The maximum atomic E-state index is 12.7. The highest BCUT2D eigenvalue weighted by molar-refractivity contribution is 7.93. The van der Waals surface area contributed by atoms with Crippen molar-refractivity contribution in [2.45, 2.75) is 16.0 Å². The van der Waals surface area contributed by atoms with E-state index in [1.807, 2.05) is 0 Å². The lowest BCUT2D eigenvalue weighted by atomic mass is 10.1. The Morgan fingerprint density at radius 1 is 1.13 bits per heavy atom. The van der Waals surface area contributed by atoms with Crippen molar-refractivity contribution in [2.24, 2.45) is 0 Å². The van der Waals surface area contributed by atoms with Crippen molar-refractivity contribution in [3.05, 3.63) is 80.8 Å². The number of sulfone groups is 1. The first-order valence-electron chi connectivity index (χ1n) is 10.6. The highest BCUT2D eigenvalue weighted by Crippen LogP contribution is 2.29. The molecule has 0 saturated heterocycles. The number of aromatic nitrogens is 1. The Morgan fingerprint density at radius 3 is 2.58 bits per heavy atom. The molecule has 4 aromatic rings. The summed E-state index contributed by atoms with van der Waals surface area (Å²) >= 11 is 0.657. The van der Waals surface area contributed by atoms with E-state index in [9.17, 15) is 32.9 Å². The standard InChI is InChI=1S/C23H17N3O10S2/c1-13-8-20(28)36-18-9-15(4-7-17(13)18)34-12-21(29)35-11-19(27)25-23-24-10-22(37-23)38(32,33)16-5-2-14(3-6-16)26(30)31/h2-10H,11-12H2,1H3,(H,24,25,27). The molecule has 196 valence electrons. The lowest BCUT2D eigenvalue weighted by molar-refractivity contribution is -0.384. The number of aryl methyl sites for hydroxylation is 1. The van der Waals surface area contributed by atoms with Gasteiger partial charge in [0.2, 0.25) is 9.84 Å². The largest absolute Gasteiger partial charge is 0.482 e. The minimum absolute atomic E-state index is 0.0595. The predicted molar refractivity (Wildman–Crippen MR) is 133 cm³/mol. The number of non-ortho nitro benzene ring substituents is 1. The van der Waals surface area contributed by atoms with Gasteiger partial charge in [0.05, 0.1) is 16.0 Å². The van der Waals surface area contributed by atoms with E-state index in [-0.39, 0.29) is 25.7 Å². The normalized spacial score (nSPS) is 11.2. The van der Waals surface area contributed by atoms with Crippen molar-refractivity contribution >= 4 is 54.8 Å². The molecule has 0 aliphatic carbocycles. The van der Waals surface area contributed by atoms with Crippen molar-refractivity contribution in [3.63, 3.8) is 0 Å². The fraction of sp³-hybridized carbons (Fsp3) is 0.130. The zero-order valence-electron chi connectivity index (χ0n) is 19.4. The number of anilines is 1. The second-order valence-electron chi connectivity index (χ2n) is 7.64. The molecule has 0 aliphatic heterocycles. The van der Waals surface area contributed by atoms with Gasteiger partial charge in [0, 0.05) is 29.7 Å². The van der Waals surface area contributed by atoms with Crippen LogP contribution in [0.2, 0.25) is 0 Å². The van der Waals surface area contributed by atoms with Crippen molar-refractivity contribution in [1.29, 1.82) is 0 Å². The van der Waals surface area contributed by atoms with Crippen molar-refractivity contribution in [1.82, 2.24) is 4.98 Å². The Balaban J connectivity index is 1.29. The average Bonchev–Trinajstić information content (AvgIpc) is 3.35. The number of rotatable bonds is 9. The molecular formula is C23H17N3O10S2. The number of fused-ring (bicyclic) bond motifs is 1. The number of hydrogen-bond acceptors (Lipinski definition) is 12. The lowest BCUT2D eigenvalue weighted by Crippen LogP contribution is -2.23. The highest BCUT2D eigenvalue weighted by Gasteiger charge is 2.22. The predicted octanol–water partition coefficient (Wildman–Crippen LogP) is 2.86. The molecule has 4 rings (SSSR count). The highest BCUT2D eigenvalue weighted by atomic mass is 32.2. The smallest absolute Gasteiger partial charge is 0.344 e. The SMILES string of the molecule is Cc1cc(=O)oc2cc(OCC(=O)OCC(=O)Nc3ncc(S(=O)(=O)c4ccc([N+](=O)[O-])cc4)s3)ccc12. The van der Waals surface area contributed by atoms with Crippen LogP contribution in [-0.4, -0.2) is 43.4 Å². The van der Waals surface area contributed by atoms with Gasteiger partial charge < -0.3 is 13.9 Å². The van der Waals surface area contributed by atoms with Gasteiger partial charge in [0.25, 0.3) is 11.6 Å². The molecule has 0 saturated carbocycles. The number of nitro groups is 1. The molecule has 15 heteroatoms. The molecular weight excluding hydrogens is 542 g/mol. The summed E-state index contributed by atoms with van der Waals surface area (Å²) in [5.74, 6) is -1.38. The molecule has 0 atom stereocenters. The molecule has 2 aromatic carbocycles. The summed E-state index contributed by atoms with van der Waals surface area (Å²) in [5.41, 5.74) is 0.235. The number of carbonyl (C=O) groups is 2. The zero-order chi connectivity index (χ0) is 27.4. The topological polar surface area (TPSA) is 185 Å². The number of nitrogens with zero attached hydrogens (tertiary/aromatic N) is 2. The number of carbonyl (C=O) groups excluding carboxylic acids is 2. The molecule has 38 heavy (non-hydrogen) atoms. The second-order valence-corrected chi connectivity index (χ2v) is 10.9. The summed E-state index contributed by atoms with van der Waals surface area (Å²) in [6.07, 6.45) is 1.03. The van der Waals surface area contributed by atoms with Gasteiger partial charge in [-0.25, -0.2) is 23.0 Å². The molecule has 2 aromatic heterocycles. The van der Waals surface area contributed by atoms with E-state index in [1.54, 1.807) is 19.1 Å².